The van der Waals surface area contributed by atoms with Crippen LogP contribution in [0.2, 0.25) is 0 Å². The molecule has 18 heteroatoms. The first-order valence-corrected chi connectivity index (χ1v) is 18.9. The highest BCUT2D eigenvalue weighted by atomic mass is 32.2. The third-order valence-corrected chi connectivity index (χ3v) is 6.08. The van der Waals surface area contributed by atoms with Crippen LogP contribution in [0.4, 0.5) is 0 Å². The van der Waals surface area contributed by atoms with Gasteiger partial charge in [-0.05, 0) is 20.8 Å². The number of rotatable bonds is 40. The van der Waals surface area contributed by atoms with E-state index in [1.54, 1.807) is 0 Å². The van der Waals surface area contributed by atoms with Gasteiger partial charge in [-0.2, -0.15) is 8.42 Å². The molecular weight excluding hydrogens is 688 g/mol. The lowest BCUT2D eigenvalue weighted by Gasteiger charge is -2.19. The van der Waals surface area contributed by atoms with Crippen molar-refractivity contribution in [1.82, 2.24) is 0 Å². The third-order valence-electron chi connectivity index (χ3n) is 5.49. The normalized spacial score (nSPS) is 12.2. The first-order chi connectivity index (χ1) is 24.1. The van der Waals surface area contributed by atoms with Gasteiger partial charge in [0.05, 0.1) is 178 Å². The second kappa shape index (κ2) is 36.3. The van der Waals surface area contributed by atoms with Gasteiger partial charge >= 0.3 is 5.97 Å². The van der Waals surface area contributed by atoms with Crippen molar-refractivity contribution in [2.75, 3.05) is 171 Å². The van der Waals surface area contributed by atoms with Crippen LogP contribution in [0.15, 0.2) is 0 Å². The Kier molecular flexibility index (Phi) is 35.5. The van der Waals surface area contributed by atoms with Crippen LogP contribution < -0.4 is 0 Å². The van der Waals surface area contributed by atoms with E-state index in [0.29, 0.717) is 152 Å². The summed E-state index contributed by atoms with van der Waals surface area (Å²) in [7, 11) is -3.43. The fraction of sp³-hybridized carbons (Fsp3) is 0.969. The number of carbonyl (C=O) groups excluding carboxylic acids is 1. The highest BCUT2D eigenvalue weighted by molar-refractivity contribution is 7.85. The molecule has 0 aliphatic carbocycles. The smallest absolute Gasteiger partial charge is 0.308 e. The molecule has 0 N–H and O–H groups in total. The van der Waals surface area contributed by atoms with Crippen molar-refractivity contribution in [2.24, 2.45) is 0 Å². The van der Waals surface area contributed by atoms with E-state index in [1.807, 2.05) is 20.8 Å². The predicted octanol–water partition coefficient (Wildman–Crippen LogP) is 0.894. The molecule has 0 bridgehead atoms. The second-order valence-corrected chi connectivity index (χ2v) is 12.9. The molecule has 300 valence electrons. The lowest BCUT2D eigenvalue weighted by molar-refractivity contribution is -0.156. The van der Waals surface area contributed by atoms with Crippen molar-refractivity contribution < 1.29 is 79.0 Å². The highest BCUT2D eigenvalue weighted by Gasteiger charge is 2.15. The summed E-state index contributed by atoms with van der Waals surface area (Å²) < 4.78 is 96.2. The van der Waals surface area contributed by atoms with Gasteiger partial charge in [0.1, 0.15) is 5.60 Å². The zero-order chi connectivity index (χ0) is 36.9. The Bertz CT molecular complexity index is 826. The van der Waals surface area contributed by atoms with Crippen LogP contribution in [0.3, 0.4) is 0 Å². The maximum Gasteiger partial charge on any atom is 0.308 e. The molecule has 0 saturated heterocycles. The summed E-state index contributed by atoms with van der Waals surface area (Å²) in [6.07, 6.45) is 1.22. The first kappa shape index (κ1) is 48.9. The van der Waals surface area contributed by atoms with Crippen LogP contribution >= 0.6 is 0 Å². The van der Waals surface area contributed by atoms with Crippen LogP contribution in [0.5, 0.6) is 0 Å². The fourth-order valence-corrected chi connectivity index (χ4v) is 3.68. The van der Waals surface area contributed by atoms with Gasteiger partial charge in [0, 0.05) is 0 Å². The molecule has 0 rings (SSSR count). The van der Waals surface area contributed by atoms with Crippen LogP contribution in [0.25, 0.3) is 0 Å². The molecule has 0 aromatic heterocycles. The maximum absolute atomic E-state index is 11.6. The number of esters is 1. The Hall–Kier alpha value is -1.10. The van der Waals surface area contributed by atoms with Crippen molar-refractivity contribution in [3.05, 3.63) is 0 Å². The Morgan fingerprint density at radius 2 is 0.580 bits per heavy atom. The van der Waals surface area contributed by atoms with E-state index >= 15 is 0 Å². The largest absolute Gasteiger partial charge is 0.460 e. The molecule has 0 unspecified atom stereocenters. The monoisotopic (exact) mass is 752 g/mol. The lowest BCUT2D eigenvalue weighted by Crippen LogP contribution is -2.24. The molecule has 0 aliphatic heterocycles. The minimum atomic E-state index is -3.43. The van der Waals surface area contributed by atoms with E-state index in [2.05, 4.69) is 4.18 Å². The molecule has 0 atom stereocenters. The van der Waals surface area contributed by atoms with E-state index in [0.717, 1.165) is 6.26 Å². The van der Waals surface area contributed by atoms with Crippen LogP contribution in [-0.2, 0) is 80.7 Å². The lowest BCUT2D eigenvalue weighted by atomic mass is 10.2. The average Bonchev–Trinajstić information content (AvgIpc) is 3.04. The van der Waals surface area contributed by atoms with E-state index in [1.165, 1.54) is 0 Å². The summed E-state index contributed by atoms with van der Waals surface area (Å²) in [5, 5.41) is 0. The predicted molar refractivity (Wildman–Crippen MR) is 181 cm³/mol. The maximum atomic E-state index is 11.6. The van der Waals surface area contributed by atoms with Gasteiger partial charge in [0.2, 0.25) is 0 Å². The van der Waals surface area contributed by atoms with E-state index in [4.69, 9.17) is 61.6 Å². The number of ether oxygens (including phenoxy) is 13. The zero-order valence-electron chi connectivity index (χ0n) is 30.7. The quantitative estimate of drug-likeness (QED) is 0.0489. The van der Waals surface area contributed by atoms with Crippen molar-refractivity contribution in [2.45, 2.75) is 32.8 Å². The number of carbonyl (C=O) groups is 1. The molecule has 50 heavy (non-hydrogen) atoms. The minimum Gasteiger partial charge on any atom is -0.460 e. The molecular formula is C32H64O17S. The first-order valence-electron chi connectivity index (χ1n) is 17.1. The van der Waals surface area contributed by atoms with E-state index in [9.17, 15) is 13.2 Å². The van der Waals surface area contributed by atoms with E-state index < -0.39 is 15.7 Å². The molecule has 17 nitrogen and oxygen atoms in total. The Balaban J connectivity index is 3.11. The standard InChI is InChI=1S/C32H64O17S/c1-32(2,3)49-31(33)5-6-36-7-8-37-9-10-38-11-12-39-13-14-40-15-16-41-17-18-42-19-20-43-21-22-44-23-24-45-25-26-46-27-28-47-29-30-48-50(4,34)35/h5-30H2,1-4H3. The van der Waals surface area contributed by atoms with Gasteiger partial charge in [0.15, 0.2) is 0 Å². The van der Waals surface area contributed by atoms with Crippen molar-refractivity contribution in [3.63, 3.8) is 0 Å². The Morgan fingerprint density at radius 1 is 0.380 bits per heavy atom. The minimum absolute atomic E-state index is 0.00721. The molecule has 0 amide bonds. The summed E-state index contributed by atoms with van der Waals surface area (Å²) in [4.78, 5) is 11.6. The molecule has 0 saturated carbocycles. The van der Waals surface area contributed by atoms with Crippen molar-refractivity contribution in [3.8, 4) is 0 Å². The summed E-state index contributed by atoms with van der Waals surface area (Å²) >= 11 is 0. The average molecular weight is 753 g/mol. The fourth-order valence-electron chi connectivity index (χ4n) is 3.31. The van der Waals surface area contributed by atoms with Gasteiger partial charge in [-0.25, -0.2) is 0 Å². The van der Waals surface area contributed by atoms with Gasteiger partial charge in [0.25, 0.3) is 10.1 Å². The summed E-state index contributed by atoms with van der Waals surface area (Å²) in [5.74, 6) is -0.271. The molecule has 0 aromatic rings. The van der Waals surface area contributed by atoms with Gasteiger partial charge in [-0.15, -0.1) is 0 Å². The SMILES string of the molecule is CC(C)(C)OC(=O)CCOCCOCCOCCOCCOCCOCCOCCOCCOCCOCCOCCOCCOS(C)(=O)=O. The summed E-state index contributed by atoms with van der Waals surface area (Å²) in [5.41, 5.74) is -0.480. The van der Waals surface area contributed by atoms with E-state index in [-0.39, 0.29) is 25.6 Å². The molecule has 0 fully saturated rings. The van der Waals surface area contributed by atoms with Crippen LogP contribution in [0, 0.1) is 0 Å². The second-order valence-electron chi connectivity index (χ2n) is 11.2. The molecule has 0 spiro atoms. The van der Waals surface area contributed by atoms with Crippen LogP contribution in [-0.4, -0.2) is 191 Å². The number of hydrogen-bond donors (Lipinski definition) is 0. The van der Waals surface area contributed by atoms with Gasteiger partial charge in [-0.3, -0.25) is 8.98 Å². The van der Waals surface area contributed by atoms with Crippen molar-refractivity contribution in [1.29, 1.82) is 0 Å². The third kappa shape index (κ3) is 44.9. The highest BCUT2D eigenvalue weighted by Crippen LogP contribution is 2.08. The van der Waals surface area contributed by atoms with Gasteiger partial charge < -0.3 is 61.6 Å². The number of hydrogen-bond acceptors (Lipinski definition) is 17. The molecule has 0 heterocycles. The zero-order valence-corrected chi connectivity index (χ0v) is 31.5. The van der Waals surface area contributed by atoms with Crippen molar-refractivity contribution >= 4 is 16.1 Å². The van der Waals surface area contributed by atoms with Crippen LogP contribution in [0.1, 0.15) is 27.2 Å². The summed E-state index contributed by atoms with van der Waals surface area (Å²) in [6.45, 7) is 16.0. The molecule has 0 radical (unpaired) electrons. The molecule has 0 aliphatic rings. The topological polar surface area (TPSA) is 180 Å². The Labute approximate surface area is 299 Å². The summed E-state index contributed by atoms with van der Waals surface area (Å²) in [6, 6.07) is 0. The molecule has 0 aromatic carbocycles. The Morgan fingerprint density at radius 3 is 0.780 bits per heavy atom. The van der Waals surface area contributed by atoms with Gasteiger partial charge in [-0.1, -0.05) is 0 Å².